The Balaban J connectivity index is 1.74. The van der Waals surface area contributed by atoms with Crippen LogP contribution in [-0.2, 0) is 6.54 Å². The van der Waals surface area contributed by atoms with Crippen molar-refractivity contribution in [2.24, 2.45) is 0 Å². The highest BCUT2D eigenvalue weighted by atomic mass is 15.2. The molecule has 2 aromatic heterocycles. The highest BCUT2D eigenvalue weighted by Crippen LogP contribution is 2.35. The lowest BCUT2D eigenvalue weighted by Gasteiger charge is -2.15. The van der Waals surface area contributed by atoms with Crippen LogP contribution < -0.4 is 15.6 Å². The number of rotatable bonds is 4. The Morgan fingerprint density at radius 1 is 0.897 bits per heavy atom. The third kappa shape index (κ3) is 3.36. The molecule has 29 heavy (non-hydrogen) atoms. The molecule has 0 amide bonds. The Bertz CT molecular complexity index is 1130. The lowest BCUT2D eigenvalue weighted by Crippen LogP contribution is -2.47. The molecule has 0 atom stereocenters. The number of quaternary nitrogens is 1. The standard InChI is InChI=1S/C25H24N4/c26-17-18-8-10-20(11-9-18)24-21(19-6-2-1-3-7-19)16-22-23(28-24)12-13-27-25(22)29-14-4-5-15-29/h1-3,6-13,16H,4-5,14-15,17,26H2/p+2. The number of benzene rings is 2. The van der Waals surface area contributed by atoms with Crippen molar-refractivity contribution in [1.29, 1.82) is 0 Å². The molecule has 1 aliphatic heterocycles. The van der Waals surface area contributed by atoms with E-state index in [1.165, 1.54) is 40.7 Å². The van der Waals surface area contributed by atoms with E-state index >= 15 is 0 Å². The lowest BCUT2D eigenvalue weighted by atomic mass is 9.97. The number of aromatic nitrogens is 2. The molecule has 0 aliphatic carbocycles. The number of H-pyrrole nitrogens is 1. The smallest absolute Gasteiger partial charge is 0.283 e. The van der Waals surface area contributed by atoms with E-state index in [1.807, 2.05) is 6.20 Å². The second-order valence-electron chi connectivity index (χ2n) is 7.65. The van der Waals surface area contributed by atoms with Crippen molar-refractivity contribution in [2.75, 3.05) is 18.0 Å². The van der Waals surface area contributed by atoms with Crippen LogP contribution in [0, 0.1) is 0 Å². The van der Waals surface area contributed by atoms with Gasteiger partial charge in [0.2, 0.25) is 0 Å². The van der Waals surface area contributed by atoms with Gasteiger partial charge in [0, 0.05) is 22.8 Å². The molecule has 5 rings (SSSR count). The van der Waals surface area contributed by atoms with E-state index in [0.29, 0.717) is 0 Å². The third-order valence-electron chi connectivity index (χ3n) is 5.79. The highest BCUT2D eigenvalue weighted by Gasteiger charge is 2.24. The monoisotopic (exact) mass is 382 g/mol. The number of hydrogen-bond donors (Lipinski definition) is 1. The van der Waals surface area contributed by atoms with Crippen LogP contribution in [0.15, 0.2) is 72.9 Å². The molecule has 2 aromatic carbocycles. The highest BCUT2D eigenvalue weighted by molar-refractivity contribution is 5.96. The number of aromatic amines is 1. The van der Waals surface area contributed by atoms with Crippen molar-refractivity contribution < 1.29 is 10.7 Å². The molecule has 1 fully saturated rings. The Labute approximate surface area is 171 Å². The summed E-state index contributed by atoms with van der Waals surface area (Å²) in [6.07, 6.45) is 4.51. The second-order valence-corrected chi connectivity index (χ2v) is 7.65. The summed E-state index contributed by atoms with van der Waals surface area (Å²) in [7, 11) is 0. The van der Waals surface area contributed by atoms with E-state index in [4.69, 9.17) is 4.98 Å². The number of pyridine rings is 2. The van der Waals surface area contributed by atoms with E-state index in [1.54, 1.807) is 0 Å². The molecule has 0 radical (unpaired) electrons. The lowest BCUT2D eigenvalue weighted by molar-refractivity contribution is -0.386. The van der Waals surface area contributed by atoms with Crippen molar-refractivity contribution in [1.82, 2.24) is 4.98 Å². The minimum Gasteiger partial charge on any atom is -0.354 e. The zero-order valence-corrected chi connectivity index (χ0v) is 16.6. The van der Waals surface area contributed by atoms with Crippen LogP contribution in [0.1, 0.15) is 18.4 Å². The number of anilines is 1. The second kappa shape index (κ2) is 7.64. The summed E-state index contributed by atoms with van der Waals surface area (Å²) in [6.45, 7) is 3.00. The number of nitrogens with zero attached hydrogens (tertiary/aromatic N) is 2. The first kappa shape index (κ1) is 17.8. The molecular formula is C25H26N4+2. The maximum absolute atomic E-state index is 5.15. The van der Waals surface area contributed by atoms with Crippen molar-refractivity contribution in [3.05, 3.63) is 78.5 Å². The zero-order chi connectivity index (χ0) is 19.6. The van der Waals surface area contributed by atoms with Gasteiger partial charge in [-0.3, -0.25) is 4.90 Å². The molecule has 0 unspecified atom stereocenters. The van der Waals surface area contributed by atoms with Crippen LogP contribution in [0.3, 0.4) is 0 Å². The van der Waals surface area contributed by atoms with Crippen LogP contribution >= 0.6 is 0 Å². The Kier molecular flexibility index (Phi) is 4.70. The van der Waals surface area contributed by atoms with Crippen LogP contribution in [0.4, 0.5) is 5.82 Å². The largest absolute Gasteiger partial charge is 0.354 e. The predicted molar refractivity (Wildman–Crippen MR) is 117 cm³/mol. The molecule has 4 N–H and O–H groups in total. The van der Waals surface area contributed by atoms with Gasteiger partial charge in [-0.15, -0.1) is 0 Å². The van der Waals surface area contributed by atoms with Gasteiger partial charge in [-0.1, -0.05) is 54.6 Å². The number of fused-ring (bicyclic) bond motifs is 1. The van der Waals surface area contributed by atoms with Crippen LogP contribution in [0.2, 0.25) is 0 Å². The van der Waals surface area contributed by atoms with Gasteiger partial charge in [-0.2, -0.15) is 0 Å². The van der Waals surface area contributed by atoms with E-state index in [0.717, 1.165) is 36.4 Å². The molecule has 0 bridgehead atoms. The summed E-state index contributed by atoms with van der Waals surface area (Å²) in [6, 6.07) is 23.6. The van der Waals surface area contributed by atoms with Gasteiger partial charge < -0.3 is 5.73 Å². The molecule has 0 spiro atoms. The minimum absolute atomic E-state index is 0.798. The third-order valence-corrected chi connectivity index (χ3v) is 5.79. The van der Waals surface area contributed by atoms with Gasteiger partial charge in [0.25, 0.3) is 5.82 Å². The molecule has 144 valence electrons. The van der Waals surface area contributed by atoms with Gasteiger partial charge in [0.05, 0.1) is 42.4 Å². The van der Waals surface area contributed by atoms with Crippen molar-refractivity contribution in [3.8, 4) is 22.4 Å². The van der Waals surface area contributed by atoms with Gasteiger partial charge in [-0.05, 0) is 24.5 Å². The normalized spacial score (nSPS) is 13.9. The van der Waals surface area contributed by atoms with Gasteiger partial charge in [-0.25, -0.2) is 9.97 Å². The van der Waals surface area contributed by atoms with Crippen LogP contribution in [0.25, 0.3) is 33.3 Å². The Hall–Kier alpha value is -3.24. The predicted octanol–water partition coefficient (Wildman–Crippen LogP) is 3.73. The van der Waals surface area contributed by atoms with E-state index < -0.39 is 0 Å². The number of hydrogen-bond acceptors (Lipinski definition) is 2. The maximum atomic E-state index is 5.15. The number of nitrogens with one attached hydrogen (secondary N) is 1. The summed E-state index contributed by atoms with van der Waals surface area (Å²) in [5, 5.41) is 1.19. The average molecular weight is 383 g/mol. The van der Waals surface area contributed by atoms with Crippen molar-refractivity contribution in [3.63, 3.8) is 0 Å². The molecule has 4 nitrogen and oxygen atoms in total. The Morgan fingerprint density at radius 3 is 2.38 bits per heavy atom. The first-order chi connectivity index (χ1) is 14.3. The molecule has 4 aromatic rings. The van der Waals surface area contributed by atoms with Gasteiger partial charge in [0.1, 0.15) is 0 Å². The van der Waals surface area contributed by atoms with Crippen molar-refractivity contribution in [2.45, 2.75) is 19.4 Å². The summed E-state index contributed by atoms with van der Waals surface area (Å²) in [4.78, 5) is 11.1. The van der Waals surface area contributed by atoms with Crippen LogP contribution in [-0.4, -0.2) is 18.1 Å². The topological polar surface area (TPSA) is 57.9 Å². The quantitative estimate of drug-likeness (QED) is 0.585. The average Bonchev–Trinajstić information content (AvgIpc) is 3.33. The maximum Gasteiger partial charge on any atom is 0.283 e. The molecule has 3 heterocycles. The molecule has 1 aliphatic rings. The first-order valence-corrected chi connectivity index (χ1v) is 10.4. The van der Waals surface area contributed by atoms with Crippen LogP contribution in [0.5, 0.6) is 0 Å². The molecular weight excluding hydrogens is 356 g/mol. The molecule has 1 saturated heterocycles. The first-order valence-electron chi connectivity index (χ1n) is 10.4. The Morgan fingerprint density at radius 2 is 1.66 bits per heavy atom. The summed E-state index contributed by atoms with van der Waals surface area (Å²) in [5.41, 5.74) is 10.8. The fourth-order valence-corrected chi connectivity index (χ4v) is 4.21. The van der Waals surface area contributed by atoms with E-state index in [2.05, 4.69) is 82.3 Å². The van der Waals surface area contributed by atoms with Crippen molar-refractivity contribution >= 4 is 16.7 Å². The van der Waals surface area contributed by atoms with E-state index in [-0.39, 0.29) is 0 Å². The fourth-order valence-electron chi connectivity index (χ4n) is 4.21. The fraction of sp³-hybridized carbons (Fsp3) is 0.200. The van der Waals surface area contributed by atoms with E-state index in [9.17, 15) is 0 Å². The summed E-state index contributed by atoms with van der Waals surface area (Å²) >= 11 is 0. The molecule has 4 heteroatoms. The SMILES string of the molecule is [NH3+]Cc1ccc(-c2nc3cc[nH+]c(N4CCCC4)c3cc2-c2ccccc2)cc1. The zero-order valence-electron chi connectivity index (χ0n) is 16.6. The summed E-state index contributed by atoms with van der Waals surface area (Å²) in [5.74, 6) is 1.18. The summed E-state index contributed by atoms with van der Waals surface area (Å²) < 4.78 is 0. The molecule has 0 saturated carbocycles. The minimum atomic E-state index is 0.798. The van der Waals surface area contributed by atoms with Gasteiger partial charge >= 0.3 is 0 Å². The van der Waals surface area contributed by atoms with Gasteiger partial charge in [0.15, 0.2) is 0 Å².